The number of anilines is 1. The lowest BCUT2D eigenvalue weighted by molar-refractivity contribution is -0.146. The lowest BCUT2D eigenvalue weighted by atomic mass is 9.81. The maximum Gasteiger partial charge on any atom is 0.308 e. The standard InChI is InChI=1S/C14H16FNO3/c1-8-7-12(17)16(9(2)13(8)14(18)19)11-5-3-10(15)4-6-11/h3-6,8-9,13H,7H2,1-2H3,(H,18,19). The van der Waals surface area contributed by atoms with E-state index in [1.807, 2.05) is 0 Å². The molecule has 0 aromatic heterocycles. The molecular weight excluding hydrogens is 249 g/mol. The highest BCUT2D eigenvalue weighted by atomic mass is 19.1. The number of piperidine rings is 1. The van der Waals surface area contributed by atoms with E-state index in [1.165, 1.54) is 29.2 Å². The highest BCUT2D eigenvalue weighted by Crippen LogP contribution is 2.33. The highest BCUT2D eigenvalue weighted by Gasteiger charge is 2.42. The Morgan fingerprint density at radius 2 is 1.89 bits per heavy atom. The van der Waals surface area contributed by atoms with Gasteiger partial charge in [0.25, 0.3) is 0 Å². The summed E-state index contributed by atoms with van der Waals surface area (Å²) in [6.07, 6.45) is 0.193. The zero-order chi connectivity index (χ0) is 14.2. The van der Waals surface area contributed by atoms with Crippen LogP contribution in [0.25, 0.3) is 0 Å². The maximum absolute atomic E-state index is 12.9. The Bertz CT molecular complexity index is 500. The van der Waals surface area contributed by atoms with Crippen molar-refractivity contribution >= 4 is 17.6 Å². The topological polar surface area (TPSA) is 57.6 Å². The van der Waals surface area contributed by atoms with Crippen LogP contribution in [-0.2, 0) is 9.59 Å². The molecule has 1 heterocycles. The molecule has 3 atom stereocenters. The highest BCUT2D eigenvalue weighted by molar-refractivity contribution is 5.96. The fraction of sp³-hybridized carbons (Fsp3) is 0.429. The number of aliphatic carboxylic acids is 1. The van der Waals surface area contributed by atoms with E-state index in [1.54, 1.807) is 13.8 Å². The first-order valence-corrected chi connectivity index (χ1v) is 6.22. The summed E-state index contributed by atoms with van der Waals surface area (Å²) in [5, 5.41) is 9.28. The molecule has 5 heteroatoms. The Labute approximate surface area is 110 Å². The van der Waals surface area contributed by atoms with E-state index in [2.05, 4.69) is 0 Å². The number of hydrogen-bond donors (Lipinski definition) is 1. The number of halogens is 1. The molecule has 4 nitrogen and oxygen atoms in total. The molecule has 3 unspecified atom stereocenters. The van der Waals surface area contributed by atoms with Gasteiger partial charge in [-0.2, -0.15) is 0 Å². The first-order valence-electron chi connectivity index (χ1n) is 6.22. The summed E-state index contributed by atoms with van der Waals surface area (Å²) in [4.78, 5) is 24.9. The fourth-order valence-electron chi connectivity index (χ4n) is 2.79. The monoisotopic (exact) mass is 265 g/mol. The van der Waals surface area contributed by atoms with E-state index < -0.39 is 17.9 Å². The van der Waals surface area contributed by atoms with Gasteiger partial charge in [-0.1, -0.05) is 6.92 Å². The molecule has 1 aliphatic heterocycles. The van der Waals surface area contributed by atoms with E-state index in [-0.39, 0.29) is 24.1 Å². The van der Waals surface area contributed by atoms with E-state index >= 15 is 0 Å². The molecule has 0 aliphatic carbocycles. The molecule has 1 fully saturated rings. The summed E-state index contributed by atoms with van der Waals surface area (Å²) in [6, 6.07) is 5.09. The largest absolute Gasteiger partial charge is 0.481 e. The number of amides is 1. The van der Waals surface area contributed by atoms with Gasteiger partial charge in [0.1, 0.15) is 5.82 Å². The summed E-state index contributed by atoms with van der Waals surface area (Å²) in [7, 11) is 0. The van der Waals surface area contributed by atoms with Crippen LogP contribution in [-0.4, -0.2) is 23.0 Å². The average Bonchev–Trinajstić information content (AvgIpc) is 2.30. The lowest BCUT2D eigenvalue weighted by Crippen LogP contribution is -2.53. The second-order valence-corrected chi connectivity index (χ2v) is 5.03. The smallest absolute Gasteiger partial charge is 0.308 e. The van der Waals surface area contributed by atoms with Gasteiger partial charge in [0.15, 0.2) is 0 Å². The molecule has 0 radical (unpaired) electrons. The Kier molecular flexibility index (Phi) is 3.55. The minimum absolute atomic E-state index is 0.121. The minimum Gasteiger partial charge on any atom is -0.481 e. The van der Waals surface area contributed by atoms with Gasteiger partial charge in [-0.05, 0) is 37.1 Å². The first kappa shape index (κ1) is 13.5. The molecule has 0 spiro atoms. The van der Waals surface area contributed by atoms with Crippen molar-refractivity contribution in [3.05, 3.63) is 30.1 Å². The third-order valence-electron chi connectivity index (χ3n) is 3.70. The van der Waals surface area contributed by atoms with Gasteiger partial charge in [0, 0.05) is 18.2 Å². The number of carbonyl (C=O) groups is 2. The van der Waals surface area contributed by atoms with Crippen LogP contribution in [0.4, 0.5) is 10.1 Å². The van der Waals surface area contributed by atoms with Crippen molar-refractivity contribution in [2.75, 3.05) is 4.90 Å². The van der Waals surface area contributed by atoms with E-state index in [0.717, 1.165) is 0 Å². The SMILES string of the molecule is CC1CC(=O)N(c2ccc(F)cc2)C(C)C1C(=O)O. The second kappa shape index (κ2) is 4.99. The summed E-state index contributed by atoms with van der Waals surface area (Å²) in [6.45, 7) is 3.49. The Hall–Kier alpha value is -1.91. The van der Waals surface area contributed by atoms with Crippen LogP contribution in [0.1, 0.15) is 20.3 Å². The molecule has 1 aromatic rings. The number of benzene rings is 1. The molecule has 2 rings (SSSR count). The van der Waals surface area contributed by atoms with Gasteiger partial charge < -0.3 is 10.0 Å². The van der Waals surface area contributed by atoms with Crippen LogP contribution < -0.4 is 4.90 Å². The van der Waals surface area contributed by atoms with Crippen LogP contribution in [0.15, 0.2) is 24.3 Å². The molecule has 0 saturated carbocycles. The Morgan fingerprint density at radius 3 is 2.42 bits per heavy atom. The average molecular weight is 265 g/mol. The molecule has 1 amide bonds. The van der Waals surface area contributed by atoms with Crippen molar-refractivity contribution in [1.29, 1.82) is 0 Å². The van der Waals surface area contributed by atoms with E-state index in [4.69, 9.17) is 0 Å². The molecule has 19 heavy (non-hydrogen) atoms. The molecule has 102 valence electrons. The number of carbonyl (C=O) groups excluding carboxylic acids is 1. The van der Waals surface area contributed by atoms with Gasteiger partial charge in [0.2, 0.25) is 5.91 Å². The van der Waals surface area contributed by atoms with Crippen molar-refractivity contribution < 1.29 is 19.1 Å². The normalized spacial score (nSPS) is 27.4. The van der Waals surface area contributed by atoms with Crippen LogP contribution in [0.2, 0.25) is 0 Å². The van der Waals surface area contributed by atoms with Crippen molar-refractivity contribution in [2.24, 2.45) is 11.8 Å². The quantitative estimate of drug-likeness (QED) is 0.892. The van der Waals surface area contributed by atoms with Gasteiger partial charge in [-0.15, -0.1) is 0 Å². The van der Waals surface area contributed by atoms with Crippen molar-refractivity contribution in [2.45, 2.75) is 26.3 Å². The van der Waals surface area contributed by atoms with Crippen LogP contribution in [0.5, 0.6) is 0 Å². The van der Waals surface area contributed by atoms with Gasteiger partial charge >= 0.3 is 5.97 Å². The van der Waals surface area contributed by atoms with Crippen molar-refractivity contribution in [1.82, 2.24) is 0 Å². The van der Waals surface area contributed by atoms with E-state index in [9.17, 15) is 19.1 Å². The van der Waals surface area contributed by atoms with E-state index in [0.29, 0.717) is 5.69 Å². The van der Waals surface area contributed by atoms with Gasteiger partial charge in [-0.3, -0.25) is 9.59 Å². The second-order valence-electron chi connectivity index (χ2n) is 5.03. The summed E-state index contributed by atoms with van der Waals surface area (Å²) >= 11 is 0. The fourth-order valence-corrected chi connectivity index (χ4v) is 2.79. The number of carboxylic acids is 1. The summed E-state index contributed by atoms with van der Waals surface area (Å²) in [5.74, 6) is -2.22. The van der Waals surface area contributed by atoms with Gasteiger partial charge in [-0.25, -0.2) is 4.39 Å². The van der Waals surface area contributed by atoms with Gasteiger partial charge in [0.05, 0.1) is 5.92 Å². The molecule has 0 bridgehead atoms. The first-order chi connectivity index (χ1) is 8.91. The number of nitrogens with zero attached hydrogens (tertiary/aromatic N) is 1. The minimum atomic E-state index is -0.903. The molecule has 1 saturated heterocycles. The zero-order valence-electron chi connectivity index (χ0n) is 10.8. The molecule has 1 N–H and O–H groups in total. The third-order valence-corrected chi connectivity index (χ3v) is 3.70. The molecular formula is C14H16FNO3. The number of carboxylic acid groups (broad SMARTS) is 1. The Balaban J connectivity index is 2.35. The van der Waals surface area contributed by atoms with Crippen molar-refractivity contribution in [3.63, 3.8) is 0 Å². The summed E-state index contributed by atoms with van der Waals surface area (Å²) in [5.41, 5.74) is 0.539. The Morgan fingerprint density at radius 1 is 1.32 bits per heavy atom. The zero-order valence-corrected chi connectivity index (χ0v) is 10.8. The predicted molar refractivity (Wildman–Crippen MR) is 68.3 cm³/mol. The summed E-state index contributed by atoms with van der Waals surface area (Å²) < 4.78 is 12.9. The maximum atomic E-state index is 12.9. The van der Waals surface area contributed by atoms with Crippen LogP contribution >= 0.6 is 0 Å². The molecule has 1 aromatic carbocycles. The third kappa shape index (κ3) is 2.45. The number of rotatable bonds is 2. The lowest BCUT2D eigenvalue weighted by Gasteiger charge is -2.40. The van der Waals surface area contributed by atoms with Crippen LogP contribution in [0, 0.1) is 17.7 Å². The number of hydrogen-bond acceptors (Lipinski definition) is 2. The van der Waals surface area contributed by atoms with Crippen LogP contribution in [0.3, 0.4) is 0 Å². The van der Waals surface area contributed by atoms with Crippen molar-refractivity contribution in [3.8, 4) is 0 Å². The molecule has 1 aliphatic rings. The predicted octanol–water partition coefficient (Wildman–Crippen LogP) is 2.29.